The molecule has 1 aromatic rings. The van der Waals surface area contributed by atoms with Crippen molar-refractivity contribution in [1.82, 2.24) is 15.5 Å². The second-order valence-corrected chi connectivity index (χ2v) is 8.68. The van der Waals surface area contributed by atoms with Crippen LogP contribution in [0.3, 0.4) is 0 Å². The Labute approximate surface area is 184 Å². The zero-order valence-corrected chi connectivity index (χ0v) is 17.7. The summed E-state index contributed by atoms with van der Waals surface area (Å²) in [5.74, 6) is -3.21. The van der Waals surface area contributed by atoms with E-state index < -0.39 is 29.0 Å². The Bertz CT molecular complexity index is 948. The molecule has 2 heterocycles. The highest BCUT2D eigenvalue weighted by Crippen LogP contribution is 2.33. The van der Waals surface area contributed by atoms with Gasteiger partial charge in [0.15, 0.2) is 0 Å². The lowest BCUT2D eigenvalue weighted by atomic mass is 9.82. The number of hydrogen-bond acceptors (Lipinski definition) is 4. The van der Waals surface area contributed by atoms with Crippen LogP contribution in [0.2, 0.25) is 0 Å². The number of rotatable bonds is 6. The van der Waals surface area contributed by atoms with Crippen molar-refractivity contribution in [2.75, 3.05) is 24.5 Å². The number of halogens is 2. The number of amides is 5. The summed E-state index contributed by atoms with van der Waals surface area (Å²) in [4.78, 5) is 52.1. The van der Waals surface area contributed by atoms with Crippen LogP contribution in [0.15, 0.2) is 18.2 Å². The van der Waals surface area contributed by atoms with E-state index in [-0.39, 0.29) is 49.6 Å². The van der Waals surface area contributed by atoms with Crippen molar-refractivity contribution in [3.05, 3.63) is 29.8 Å². The second-order valence-electron chi connectivity index (χ2n) is 8.68. The number of anilines is 1. The molecule has 1 atom stereocenters. The van der Waals surface area contributed by atoms with Gasteiger partial charge in [-0.25, -0.2) is 13.6 Å². The van der Waals surface area contributed by atoms with E-state index in [1.54, 1.807) is 0 Å². The quantitative estimate of drug-likeness (QED) is 0.514. The second kappa shape index (κ2) is 8.84. The van der Waals surface area contributed by atoms with Gasteiger partial charge in [0.25, 0.3) is 5.91 Å². The van der Waals surface area contributed by atoms with Crippen LogP contribution in [-0.2, 0) is 14.4 Å². The summed E-state index contributed by atoms with van der Waals surface area (Å²) in [5, 5.41) is 5.57. The van der Waals surface area contributed by atoms with E-state index in [9.17, 15) is 28.0 Å². The number of imide groups is 1. The van der Waals surface area contributed by atoms with Crippen molar-refractivity contribution < 1.29 is 28.0 Å². The Morgan fingerprint density at radius 1 is 1.16 bits per heavy atom. The lowest BCUT2D eigenvalue weighted by Gasteiger charge is -2.30. The van der Waals surface area contributed by atoms with Crippen LogP contribution in [0, 0.1) is 17.6 Å². The molecule has 10 heteroatoms. The largest absolute Gasteiger partial charge is 0.356 e. The highest BCUT2D eigenvalue weighted by atomic mass is 19.1. The van der Waals surface area contributed by atoms with Gasteiger partial charge in [0, 0.05) is 32.1 Å². The van der Waals surface area contributed by atoms with Gasteiger partial charge in [-0.2, -0.15) is 0 Å². The first-order valence-corrected chi connectivity index (χ1v) is 11.0. The van der Waals surface area contributed by atoms with E-state index in [0.29, 0.717) is 25.3 Å². The zero-order valence-electron chi connectivity index (χ0n) is 17.7. The Hall–Kier alpha value is -3.04. The number of carbonyl (C=O) groups is 4. The molecule has 1 spiro atoms. The van der Waals surface area contributed by atoms with Crippen molar-refractivity contribution in [2.24, 2.45) is 5.92 Å². The summed E-state index contributed by atoms with van der Waals surface area (Å²) in [7, 11) is 0. The fraction of sp³-hybridized carbons (Fsp3) is 0.545. The van der Waals surface area contributed by atoms with Crippen LogP contribution >= 0.6 is 0 Å². The topological polar surface area (TPSA) is 98.8 Å². The third-order valence-corrected chi connectivity index (χ3v) is 6.51. The molecule has 0 radical (unpaired) electrons. The predicted octanol–water partition coefficient (Wildman–Crippen LogP) is 2.08. The third kappa shape index (κ3) is 4.18. The van der Waals surface area contributed by atoms with Gasteiger partial charge in [-0.1, -0.05) is 19.3 Å². The molecule has 0 bridgehead atoms. The summed E-state index contributed by atoms with van der Waals surface area (Å²) in [6, 6.07) is 2.55. The summed E-state index contributed by atoms with van der Waals surface area (Å²) in [6.07, 6.45) is 4.52. The summed E-state index contributed by atoms with van der Waals surface area (Å²) in [6.45, 7) is 0.435. The maximum Gasteiger partial charge on any atom is 0.325 e. The highest BCUT2D eigenvalue weighted by Gasteiger charge is 2.50. The molecule has 8 nitrogen and oxygen atoms in total. The average molecular weight is 448 g/mol. The molecule has 172 valence electrons. The molecular weight excluding hydrogens is 422 g/mol. The first-order valence-electron chi connectivity index (χ1n) is 11.0. The lowest BCUT2D eigenvalue weighted by Crippen LogP contribution is -2.48. The predicted molar refractivity (Wildman–Crippen MR) is 111 cm³/mol. The molecule has 0 aromatic heterocycles. The Morgan fingerprint density at radius 3 is 2.62 bits per heavy atom. The van der Waals surface area contributed by atoms with Gasteiger partial charge in [0.2, 0.25) is 11.8 Å². The van der Waals surface area contributed by atoms with Gasteiger partial charge >= 0.3 is 6.03 Å². The third-order valence-electron chi connectivity index (χ3n) is 6.51. The van der Waals surface area contributed by atoms with E-state index in [0.717, 1.165) is 30.2 Å². The van der Waals surface area contributed by atoms with Crippen molar-refractivity contribution in [1.29, 1.82) is 0 Å². The molecule has 2 saturated heterocycles. The van der Waals surface area contributed by atoms with Crippen LogP contribution < -0.4 is 15.5 Å². The molecule has 1 aliphatic carbocycles. The first kappa shape index (κ1) is 22.2. The van der Waals surface area contributed by atoms with Crippen LogP contribution in [0.25, 0.3) is 0 Å². The Morgan fingerprint density at radius 2 is 1.91 bits per heavy atom. The molecule has 3 fully saturated rings. The summed E-state index contributed by atoms with van der Waals surface area (Å²) < 4.78 is 27.1. The van der Waals surface area contributed by atoms with Gasteiger partial charge in [-0.3, -0.25) is 19.3 Å². The normalized spacial score (nSPS) is 22.6. The zero-order chi connectivity index (χ0) is 22.9. The van der Waals surface area contributed by atoms with Gasteiger partial charge in [0.1, 0.15) is 17.2 Å². The maximum absolute atomic E-state index is 14.0. The molecule has 2 aliphatic heterocycles. The molecule has 3 aliphatic rings. The molecule has 1 aromatic carbocycles. The first-order chi connectivity index (χ1) is 15.3. The maximum atomic E-state index is 14.0. The van der Waals surface area contributed by atoms with Crippen LogP contribution in [0.5, 0.6) is 0 Å². The molecule has 2 N–H and O–H groups in total. The summed E-state index contributed by atoms with van der Waals surface area (Å²) in [5.41, 5.74) is -0.816. The van der Waals surface area contributed by atoms with Crippen molar-refractivity contribution in [3.63, 3.8) is 0 Å². The molecule has 1 saturated carbocycles. The molecule has 4 rings (SSSR count). The summed E-state index contributed by atoms with van der Waals surface area (Å²) >= 11 is 0. The monoisotopic (exact) mass is 448 g/mol. The smallest absolute Gasteiger partial charge is 0.325 e. The van der Waals surface area contributed by atoms with E-state index in [1.807, 2.05) is 0 Å². The number of urea groups is 1. The van der Waals surface area contributed by atoms with E-state index >= 15 is 0 Å². The van der Waals surface area contributed by atoms with Gasteiger partial charge in [-0.15, -0.1) is 0 Å². The highest BCUT2D eigenvalue weighted by molar-refractivity contribution is 6.07. The van der Waals surface area contributed by atoms with Gasteiger partial charge in [0.05, 0.1) is 11.6 Å². The van der Waals surface area contributed by atoms with E-state index in [1.165, 1.54) is 11.0 Å². The van der Waals surface area contributed by atoms with Crippen molar-refractivity contribution in [3.8, 4) is 0 Å². The molecule has 32 heavy (non-hydrogen) atoms. The average Bonchev–Trinajstić information content (AvgIpc) is 3.24. The lowest BCUT2D eigenvalue weighted by molar-refractivity contribution is -0.132. The van der Waals surface area contributed by atoms with E-state index in [2.05, 4.69) is 10.6 Å². The number of nitrogens with one attached hydrogen (secondary N) is 2. The van der Waals surface area contributed by atoms with Crippen LogP contribution in [0.4, 0.5) is 19.3 Å². The Balaban J connectivity index is 1.25. The van der Waals surface area contributed by atoms with Gasteiger partial charge < -0.3 is 15.5 Å². The number of benzene rings is 1. The number of carbonyl (C=O) groups excluding carboxylic acids is 4. The SMILES string of the molecule is O=C(NCCCN1C(=O)NC2(CCCCC2)C1=O)C1CC(=O)N(c2ccc(F)cc2F)C1. The minimum absolute atomic E-state index is 0.00273. The Kier molecular flexibility index (Phi) is 6.12. The molecular formula is C22H26F2N4O4. The van der Waals surface area contributed by atoms with Crippen molar-refractivity contribution in [2.45, 2.75) is 50.5 Å². The number of nitrogens with zero attached hydrogens (tertiary/aromatic N) is 2. The molecule has 5 amide bonds. The fourth-order valence-corrected chi connectivity index (χ4v) is 4.78. The van der Waals surface area contributed by atoms with Gasteiger partial charge in [-0.05, 0) is 31.4 Å². The minimum atomic E-state index is -0.858. The van der Waals surface area contributed by atoms with E-state index in [4.69, 9.17) is 0 Å². The van der Waals surface area contributed by atoms with Crippen LogP contribution in [0.1, 0.15) is 44.9 Å². The fourth-order valence-electron chi connectivity index (χ4n) is 4.78. The van der Waals surface area contributed by atoms with Crippen LogP contribution in [-0.4, -0.2) is 53.8 Å². The molecule has 1 unspecified atom stereocenters. The standard InChI is InChI=1S/C22H26F2N4O4/c23-15-5-6-17(16(24)12-15)28-13-14(11-18(28)29)19(30)25-9-4-10-27-20(31)22(26-21(27)32)7-2-1-3-8-22/h5-6,12,14H,1-4,7-11,13H2,(H,25,30)(H,26,32). The van der Waals surface area contributed by atoms with Crippen molar-refractivity contribution >= 4 is 29.4 Å². The number of hydrogen-bond donors (Lipinski definition) is 2. The minimum Gasteiger partial charge on any atom is -0.356 e.